The number of aliphatic hydroxyl groups is 1. The summed E-state index contributed by atoms with van der Waals surface area (Å²) in [5.41, 5.74) is 0.825. The third-order valence-corrected chi connectivity index (χ3v) is 3.37. The minimum absolute atomic E-state index is 0.169. The lowest BCUT2D eigenvalue weighted by Crippen LogP contribution is -2.26. The summed E-state index contributed by atoms with van der Waals surface area (Å²) in [6.45, 7) is 2.74. The molecule has 16 heavy (non-hydrogen) atoms. The minimum atomic E-state index is 0.169. The zero-order valence-corrected chi connectivity index (χ0v) is 12.2. The Morgan fingerprint density at radius 2 is 2.06 bits per heavy atom. The molecular formula is C11H15Br2NO2. The summed E-state index contributed by atoms with van der Waals surface area (Å²) < 4.78 is 1.59. The number of benzene rings is 1. The lowest BCUT2D eigenvalue weighted by atomic mass is 10.2. The van der Waals surface area contributed by atoms with Crippen molar-refractivity contribution in [2.75, 3.05) is 6.61 Å². The van der Waals surface area contributed by atoms with Crippen LogP contribution in [-0.4, -0.2) is 22.9 Å². The zero-order valence-electron chi connectivity index (χ0n) is 9.00. The fourth-order valence-electron chi connectivity index (χ4n) is 1.33. The fraction of sp³-hybridized carbons (Fsp3) is 0.455. The zero-order chi connectivity index (χ0) is 12.1. The van der Waals surface area contributed by atoms with Crippen molar-refractivity contribution in [2.24, 2.45) is 0 Å². The third kappa shape index (κ3) is 4.05. The number of nitrogens with one attached hydrogen (secondary N) is 1. The van der Waals surface area contributed by atoms with E-state index in [1.54, 1.807) is 6.07 Å². The van der Waals surface area contributed by atoms with Crippen LogP contribution in [0, 0.1) is 0 Å². The first-order valence-corrected chi connectivity index (χ1v) is 6.64. The van der Waals surface area contributed by atoms with E-state index in [0.29, 0.717) is 17.4 Å². The highest BCUT2D eigenvalue weighted by atomic mass is 79.9. The molecular weight excluding hydrogens is 338 g/mol. The van der Waals surface area contributed by atoms with E-state index in [9.17, 15) is 5.11 Å². The molecule has 1 unspecified atom stereocenters. The first-order chi connectivity index (χ1) is 7.54. The van der Waals surface area contributed by atoms with Gasteiger partial charge in [-0.15, -0.1) is 0 Å². The first-order valence-electron chi connectivity index (χ1n) is 5.05. The minimum Gasteiger partial charge on any atom is -0.506 e. The highest BCUT2D eigenvalue weighted by Crippen LogP contribution is 2.31. The van der Waals surface area contributed by atoms with Crippen molar-refractivity contribution < 1.29 is 10.2 Å². The Morgan fingerprint density at radius 1 is 1.38 bits per heavy atom. The van der Waals surface area contributed by atoms with Gasteiger partial charge in [0.05, 0.1) is 4.47 Å². The molecule has 1 atom stereocenters. The second-order valence-corrected chi connectivity index (χ2v) is 5.46. The summed E-state index contributed by atoms with van der Waals surface area (Å²) in [4.78, 5) is 0. The van der Waals surface area contributed by atoms with Gasteiger partial charge in [-0.2, -0.15) is 0 Å². The molecule has 5 heteroatoms. The van der Waals surface area contributed by atoms with Gasteiger partial charge in [0.15, 0.2) is 0 Å². The van der Waals surface area contributed by atoms with Crippen LogP contribution in [0.15, 0.2) is 21.1 Å². The molecule has 1 rings (SSSR count). The van der Waals surface area contributed by atoms with Gasteiger partial charge < -0.3 is 15.5 Å². The van der Waals surface area contributed by atoms with Crippen LogP contribution in [0.5, 0.6) is 5.75 Å². The summed E-state index contributed by atoms with van der Waals surface area (Å²) >= 11 is 6.66. The molecule has 0 bridgehead atoms. The largest absolute Gasteiger partial charge is 0.506 e. The van der Waals surface area contributed by atoms with Gasteiger partial charge in [0.1, 0.15) is 5.75 Å². The number of phenols is 1. The standard InChI is InChI=1S/C11H15Br2NO2/c1-7(2-3-15)14-6-8-4-9(12)5-10(13)11(8)16/h4-5,7,14-16H,2-3,6H2,1H3. The monoisotopic (exact) mass is 351 g/mol. The number of phenolic OH excluding ortho intramolecular Hbond substituents is 1. The summed E-state index contributed by atoms with van der Waals surface area (Å²) in [6, 6.07) is 3.90. The molecule has 3 N–H and O–H groups in total. The van der Waals surface area contributed by atoms with Crippen LogP contribution < -0.4 is 5.32 Å². The molecule has 1 aromatic rings. The molecule has 0 saturated heterocycles. The average molecular weight is 353 g/mol. The molecule has 0 fully saturated rings. The molecule has 0 heterocycles. The molecule has 1 aromatic carbocycles. The van der Waals surface area contributed by atoms with Crippen molar-refractivity contribution in [3.05, 3.63) is 26.6 Å². The molecule has 0 aliphatic rings. The Labute approximate surface area is 112 Å². The van der Waals surface area contributed by atoms with E-state index in [4.69, 9.17) is 5.11 Å². The summed E-state index contributed by atoms with van der Waals surface area (Å²) in [7, 11) is 0. The molecule has 0 aromatic heterocycles. The van der Waals surface area contributed by atoms with Crippen molar-refractivity contribution in [2.45, 2.75) is 25.9 Å². The first kappa shape index (κ1) is 14.0. The summed E-state index contributed by atoms with van der Waals surface area (Å²) in [5, 5.41) is 21.8. The number of rotatable bonds is 5. The van der Waals surface area contributed by atoms with Gasteiger partial charge in [0.25, 0.3) is 0 Å². The maximum Gasteiger partial charge on any atom is 0.134 e. The van der Waals surface area contributed by atoms with Crippen LogP contribution in [-0.2, 0) is 6.54 Å². The molecule has 0 radical (unpaired) electrons. The quantitative estimate of drug-likeness (QED) is 0.763. The average Bonchev–Trinajstić information content (AvgIpc) is 2.21. The Hall–Kier alpha value is -0.100. The van der Waals surface area contributed by atoms with Crippen molar-refractivity contribution in [1.82, 2.24) is 5.32 Å². The second-order valence-electron chi connectivity index (χ2n) is 3.69. The van der Waals surface area contributed by atoms with E-state index in [1.807, 2.05) is 13.0 Å². The second kappa shape index (κ2) is 6.59. The van der Waals surface area contributed by atoms with Gasteiger partial charge in [0, 0.05) is 29.2 Å². The number of hydrogen-bond donors (Lipinski definition) is 3. The van der Waals surface area contributed by atoms with E-state index in [0.717, 1.165) is 10.0 Å². The topological polar surface area (TPSA) is 52.5 Å². The van der Waals surface area contributed by atoms with Gasteiger partial charge in [-0.05, 0) is 41.4 Å². The summed E-state index contributed by atoms with van der Waals surface area (Å²) in [5.74, 6) is 0.256. The van der Waals surface area contributed by atoms with Crippen molar-refractivity contribution in [1.29, 1.82) is 0 Å². The van der Waals surface area contributed by atoms with Crippen LogP contribution in [0.25, 0.3) is 0 Å². The van der Waals surface area contributed by atoms with E-state index < -0.39 is 0 Å². The molecule has 0 amide bonds. The van der Waals surface area contributed by atoms with E-state index in [1.165, 1.54) is 0 Å². The molecule has 0 saturated carbocycles. The van der Waals surface area contributed by atoms with Crippen LogP contribution in [0.1, 0.15) is 18.9 Å². The van der Waals surface area contributed by atoms with Crippen molar-refractivity contribution in [3.63, 3.8) is 0 Å². The predicted molar refractivity (Wildman–Crippen MR) is 71.5 cm³/mol. The Balaban J connectivity index is 2.66. The maximum absolute atomic E-state index is 9.81. The van der Waals surface area contributed by atoms with Gasteiger partial charge in [-0.3, -0.25) is 0 Å². The fourth-order valence-corrected chi connectivity index (χ4v) is 2.65. The Bertz CT molecular complexity index is 358. The van der Waals surface area contributed by atoms with Crippen molar-refractivity contribution in [3.8, 4) is 5.75 Å². The van der Waals surface area contributed by atoms with Gasteiger partial charge >= 0.3 is 0 Å². The number of aliphatic hydroxyl groups excluding tert-OH is 1. The lowest BCUT2D eigenvalue weighted by molar-refractivity contribution is 0.268. The third-order valence-electron chi connectivity index (χ3n) is 2.31. The molecule has 3 nitrogen and oxygen atoms in total. The van der Waals surface area contributed by atoms with Crippen LogP contribution in [0.3, 0.4) is 0 Å². The van der Waals surface area contributed by atoms with Gasteiger partial charge in [-0.25, -0.2) is 0 Å². The smallest absolute Gasteiger partial charge is 0.134 e. The van der Waals surface area contributed by atoms with Crippen LogP contribution >= 0.6 is 31.9 Å². The van der Waals surface area contributed by atoms with E-state index >= 15 is 0 Å². The van der Waals surface area contributed by atoms with Gasteiger partial charge in [0.2, 0.25) is 0 Å². The SMILES string of the molecule is CC(CCO)NCc1cc(Br)cc(Br)c1O. The number of hydrogen-bond acceptors (Lipinski definition) is 3. The Morgan fingerprint density at radius 3 is 2.69 bits per heavy atom. The van der Waals surface area contributed by atoms with Crippen LogP contribution in [0.2, 0.25) is 0 Å². The Kier molecular flexibility index (Phi) is 5.75. The summed E-state index contributed by atoms with van der Waals surface area (Å²) in [6.07, 6.45) is 0.704. The van der Waals surface area contributed by atoms with Crippen LogP contribution in [0.4, 0.5) is 0 Å². The molecule has 0 spiro atoms. The van der Waals surface area contributed by atoms with E-state index in [2.05, 4.69) is 37.2 Å². The molecule has 0 aliphatic heterocycles. The molecule has 0 aliphatic carbocycles. The normalized spacial score (nSPS) is 12.8. The van der Waals surface area contributed by atoms with E-state index in [-0.39, 0.29) is 18.4 Å². The highest BCUT2D eigenvalue weighted by molar-refractivity contribution is 9.11. The van der Waals surface area contributed by atoms with Crippen molar-refractivity contribution >= 4 is 31.9 Å². The molecule has 90 valence electrons. The van der Waals surface area contributed by atoms with Gasteiger partial charge in [-0.1, -0.05) is 15.9 Å². The number of halogens is 2. The predicted octanol–water partition coefficient (Wildman–Crippen LogP) is 2.78. The number of aromatic hydroxyl groups is 1. The highest BCUT2D eigenvalue weighted by Gasteiger charge is 2.08. The lowest BCUT2D eigenvalue weighted by Gasteiger charge is -2.14. The maximum atomic E-state index is 9.81.